The third-order valence-electron chi connectivity index (χ3n) is 4.08. The molecule has 2 aromatic rings. The van der Waals surface area contributed by atoms with Crippen LogP contribution in [0.1, 0.15) is 40.7 Å². The molecule has 0 amide bonds. The molecule has 0 spiro atoms. The van der Waals surface area contributed by atoms with Crippen LogP contribution in [-0.4, -0.2) is 17.0 Å². The second-order valence-electron chi connectivity index (χ2n) is 5.72. The van der Waals surface area contributed by atoms with E-state index in [1.165, 1.54) is 12.1 Å². The molecular formula is C18H17NO4. The van der Waals surface area contributed by atoms with Gasteiger partial charge in [0.05, 0.1) is 10.5 Å². The molecule has 5 heteroatoms. The van der Waals surface area contributed by atoms with Crippen LogP contribution < -0.4 is 0 Å². The Morgan fingerprint density at radius 1 is 1.17 bits per heavy atom. The van der Waals surface area contributed by atoms with Gasteiger partial charge >= 0.3 is 5.97 Å². The highest BCUT2D eigenvalue weighted by atomic mass is 16.6. The fraction of sp³-hybridized carbons (Fsp3) is 0.278. The third kappa shape index (κ3) is 3.56. The van der Waals surface area contributed by atoms with Crippen LogP contribution >= 0.6 is 0 Å². The van der Waals surface area contributed by atoms with Crippen LogP contribution in [0.25, 0.3) is 0 Å². The third-order valence-corrected chi connectivity index (χ3v) is 4.08. The molecule has 0 heterocycles. The van der Waals surface area contributed by atoms with Gasteiger partial charge in [0.1, 0.15) is 6.10 Å². The maximum Gasteiger partial charge on any atom is 0.338 e. The fourth-order valence-corrected chi connectivity index (χ4v) is 2.56. The van der Waals surface area contributed by atoms with Gasteiger partial charge in [-0.2, -0.15) is 0 Å². The summed E-state index contributed by atoms with van der Waals surface area (Å²) in [6, 6.07) is 13.9. The molecule has 0 radical (unpaired) electrons. The van der Waals surface area contributed by atoms with Crippen LogP contribution in [0.3, 0.4) is 0 Å². The summed E-state index contributed by atoms with van der Waals surface area (Å²) in [5.74, 6) is -0.404. The summed E-state index contributed by atoms with van der Waals surface area (Å²) < 4.78 is 5.37. The summed E-state index contributed by atoms with van der Waals surface area (Å²) in [7, 11) is 0. The van der Waals surface area contributed by atoms with Gasteiger partial charge < -0.3 is 4.74 Å². The SMILES string of the molecule is O=C(OC1CCC1)c1ccc([N+](=O)[O-])c(Cc2ccccc2)c1. The first-order chi connectivity index (χ1) is 11.1. The van der Waals surface area contributed by atoms with Gasteiger partial charge in [-0.3, -0.25) is 10.1 Å². The topological polar surface area (TPSA) is 69.4 Å². The van der Waals surface area contributed by atoms with E-state index >= 15 is 0 Å². The molecule has 3 rings (SSSR count). The minimum atomic E-state index is -0.417. The maximum atomic E-state index is 12.1. The van der Waals surface area contributed by atoms with Crippen LogP contribution in [0.2, 0.25) is 0 Å². The summed E-state index contributed by atoms with van der Waals surface area (Å²) in [6.45, 7) is 0. The maximum absolute atomic E-state index is 12.1. The molecule has 2 aromatic carbocycles. The van der Waals surface area contributed by atoms with Crippen LogP contribution in [0, 0.1) is 10.1 Å². The van der Waals surface area contributed by atoms with Crippen molar-refractivity contribution in [3.8, 4) is 0 Å². The van der Waals surface area contributed by atoms with Gasteiger partial charge in [-0.15, -0.1) is 0 Å². The number of nitro benzene ring substituents is 1. The van der Waals surface area contributed by atoms with Crippen molar-refractivity contribution in [1.29, 1.82) is 0 Å². The van der Waals surface area contributed by atoms with E-state index < -0.39 is 10.9 Å². The van der Waals surface area contributed by atoms with Crippen LogP contribution in [0.4, 0.5) is 5.69 Å². The van der Waals surface area contributed by atoms with Gasteiger partial charge in [-0.05, 0) is 37.0 Å². The Morgan fingerprint density at radius 2 is 1.91 bits per heavy atom. The minimum absolute atomic E-state index is 0.00438. The Hall–Kier alpha value is -2.69. The van der Waals surface area contributed by atoms with E-state index in [-0.39, 0.29) is 11.8 Å². The van der Waals surface area contributed by atoms with E-state index in [2.05, 4.69) is 0 Å². The van der Waals surface area contributed by atoms with Gasteiger partial charge in [0, 0.05) is 18.1 Å². The van der Waals surface area contributed by atoms with Crippen molar-refractivity contribution >= 4 is 11.7 Å². The van der Waals surface area contributed by atoms with Gasteiger partial charge in [0.15, 0.2) is 0 Å². The molecule has 5 nitrogen and oxygen atoms in total. The normalized spacial score (nSPS) is 14.1. The number of esters is 1. The molecule has 1 aliphatic rings. The van der Waals surface area contributed by atoms with Crippen molar-refractivity contribution in [3.63, 3.8) is 0 Å². The van der Waals surface area contributed by atoms with E-state index in [4.69, 9.17) is 4.74 Å². The Labute approximate surface area is 134 Å². The molecule has 0 bridgehead atoms. The van der Waals surface area contributed by atoms with Gasteiger partial charge in [0.2, 0.25) is 0 Å². The summed E-state index contributed by atoms with van der Waals surface area (Å²) >= 11 is 0. The first-order valence-electron chi connectivity index (χ1n) is 7.66. The molecule has 0 saturated heterocycles. The number of hydrogen-bond donors (Lipinski definition) is 0. The Balaban J connectivity index is 1.86. The highest BCUT2D eigenvalue weighted by molar-refractivity contribution is 5.90. The number of rotatable bonds is 5. The first kappa shape index (κ1) is 15.2. The average Bonchev–Trinajstić information content (AvgIpc) is 2.51. The molecule has 1 fully saturated rings. The van der Waals surface area contributed by atoms with Crippen molar-refractivity contribution in [1.82, 2.24) is 0 Å². The molecule has 23 heavy (non-hydrogen) atoms. The van der Waals surface area contributed by atoms with E-state index in [1.807, 2.05) is 30.3 Å². The fourth-order valence-electron chi connectivity index (χ4n) is 2.56. The Kier molecular flexibility index (Phi) is 4.37. The Morgan fingerprint density at radius 3 is 2.52 bits per heavy atom. The molecule has 0 N–H and O–H groups in total. The number of carbonyl (C=O) groups excluding carboxylic acids is 1. The monoisotopic (exact) mass is 311 g/mol. The molecule has 1 aliphatic carbocycles. The lowest BCUT2D eigenvalue weighted by Crippen LogP contribution is -2.25. The highest BCUT2D eigenvalue weighted by Crippen LogP contribution is 2.26. The molecule has 0 atom stereocenters. The standard InChI is InChI=1S/C18H17NO4/c20-18(23-16-7-4-8-16)14-9-10-17(19(21)22)15(12-14)11-13-5-2-1-3-6-13/h1-3,5-6,9-10,12,16H,4,7-8,11H2. The predicted molar refractivity (Wildman–Crippen MR) is 85.4 cm³/mol. The van der Waals surface area contributed by atoms with Crippen LogP contribution in [0.5, 0.6) is 0 Å². The summed E-state index contributed by atoms with van der Waals surface area (Å²) in [5.41, 5.74) is 1.87. The number of benzene rings is 2. The quantitative estimate of drug-likeness (QED) is 0.477. The van der Waals surface area contributed by atoms with Crippen molar-refractivity contribution in [3.05, 3.63) is 75.3 Å². The number of nitrogens with zero attached hydrogens (tertiary/aromatic N) is 1. The predicted octanol–water partition coefficient (Wildman–Crippen LogP) is 3.89. The molecule has 0 aliphatic heterocycles. The zero-order valence-electron chi connectivity index (χ0n) is 12.6. The van der Waals surface area contributed by atoms with Crippen LogP contribution in [0.15, 0.2) is 48.5 Å². The van der Waals surface area contributed by atoms with Crippen molar-refractivity contribution < 1.29 is 14.5 Å². The van der Waals surface area contributed by atoms with E-state index in [9.17, 15) is 14.9 Å². The zero-order valence-corrected chi connectivity index (χ0v) is 12.6. The van der Waals surface area contributed by atoms with Crippen molar-refractivity contribution in [2.24, 2.45) is 0 Å². The second-order valence-corrected chi connectivity index (χ2v) is 5.72. The molecule has 0 unspecified atom stereocenters. The lowest BCUT2D eigenvalue weighted by atomic mass is 9.96. The number of ether oxygens (including phenoxy) is 1. The Bertz CT molecular complexity index is 723. The van der Waals surface area contributed by atoms with Crippen molar-refractivity contribution in [2.45, 2.75) is 31.8 Å². The lowest BCUT2D eigenvalue weighted by Gasteiger charge is -2.25. The first-order valence-corrected chi connectivity index (χ1v) is 7.66. The summed E-state index contributed by atoms with van der Waals surface area (Å²) in [6.07, 6.45) is 3.28. The molecule has 1 saturated carbocycles. The lowest BCUT2D eigenvalue weighted by molar-refractivity contribution is -0.385. The average molecular weight is 311 g/mol. The van der Waals surface area contributed by atoms with Crippen LogP contribution in [-0.2, 0) is 11.2 Å². The van der Waals surface area contributed by atoms with Gasteiger partial charge in [-0.25, -0.2) is 4.79 Å². The van der Waals surface area contributed by atoms with Gasteiger partial charge in [0.25, 0.3) is 5.69 Å². The highest BCUT2D eigenvalue weighted by Gasteiger charge is 2.24. The van der Waals surface area contributed by atoms with Gasteiger partial charge in [-0.1, -0.05) is 30.3 Å². The number of hydrogen-bond acceptors (Lipinski definition) is 4. The number of nitro groups is 1. The molecule has 118 valence electrons. The largest absolute Gasteiger partial charge is 0.459 e. The second kappa shape index (κ2) is 6.60. The van der Waals surface area contributed by atoms with E-state index in [0.29, 0.717) is 17.5 Å². The molecular weight excluding hydrogens is 294 g/mol. The molecule has 0 aromatic heterocycles. The van der Waals surface area contributed by atoms with E-state index in [0.717, 1.165) is 24.8 Å². The number of carbonyl (C=O) groups is 1. The summed E-state index contributed by atoms with van der Waals surface area (Å²) in [4.78, 5) is 22.9. The minimum Gasteiger partial charge on any atom is -0.459 e. The smallest absolute Gasteiger partial charge is 0.338 e. The zero-order chi connectivity index (χ0) is 16.2. The summed E-state index contributed by atoms with van der Waals surface area (Å²) in [5, 5.41) is 11.2. The van der Waals surface area contributed by atoms with E-state index in [1.54, 1.807) is 6.07 Å². The van der Waals surface area contributed by atoms with Crippen molar-refractivity contribution in [2.75, 3.05) is 0 Å².